The third-order valence-corrected chi connectivity index (χ3v) is 2.59. The Balaban J connectivity index is 2.30. The zero-order valence-electron chi connectivity index (χ0n) is 9.40. The molecule has 0 aliphatic carbocycles. The summed E-state index contributed by atoms with van der Waals surface area (Å²) in [5.41, 5.74) is 2.80. The van der Waals surface area contributed by atoms with Crippen molar-refractivity contribution in [2.45, 2.75) is 38.3 Å². The molecular weight excluding hydrogens is 192 g/mol. The van der Waals surface area contributed by atoms with Crippen LogP contribution < -0.4 is 11.3 Å². The second kappa shape index (κ2) is 6.61. The highest BCUT2D eigenvalue weighted by Gasteiger charge is 2.11. The molecule has 2 atom stereocenters. The van der Waals surface area contributed by atoms with E-state index in [-0.39, 0.29) is 12.1 Å². The lowest BCUT2D eigenvalue weighted by Crippen LogP contribution is -2.37. The number of hydrogen-bond donors (Lipinski definition) is 2. The van der Waals surface area contributed by atoms with Crippen molar-refractivity contribution in [3.05, 3.63) is 24.2 Å². The van der Waals surface area contributed by atoms with Crippen LogP contribution in [-0.4, -0.2) is 19.3 Å². The third kappa shape index (κ3) is 4.46. The highest BCUT2D eigenvalue weighted by atomic mass is 16.5. The lowest BCUT2D eigenvalue weighted by molar-refractivity contribution is 0.106. The number of methoxy groups -OCH3 is 1. The molecule has 4 nitrogen and oxygen atoms in total. The molecule has 1 aromatic rings. The Bertz CT molecular complexity index is 249. The van der Waals surface area contributed by atoms with Crippen molar-refractivity contribution in [3.8, 4) is 0 Å². The summed E-state index contributed by atoms with van der Waals surface area (Å²) in [5.74, 6) is 6.45. The van der Waals surface area contributed by atoms with Gasteiger partial charge in [0, 0.05) is 19.6 Å². The van der Waals surface area contributed by atoms with E-state index in [1.165, 1.54) is 0 Å². The lowest BCUT2D eigenvalue weighted by atomic mass is 10.1. The molecule has 0 amide bonds. The summed E-state index contributed by atoms with van der Waals surface area (Å²) in [6, 6.07) is 4.10. The molecule has 1 heterocycles. The average Bonchev–Trinajstić information content (AvgIpc) is 2.76. The molecule has 0 aliphatic rings. The van der Waals surface area contributed by atoms with Gasteiger partial charge in [0.1, 0.15) is 5.76 Å². The Morgan fingerprint density at radius 2 is 2.33 bits per heavy atom. The van der Waals surface area contributed by atoms with Crippen LogP contribution in [0.2, 0.25) is 0 Å². The predicted molar refractivity (Wildman–Crippen MR) is 59.2 cm³/mol. The molecule has 3 N–H and O–H groups in total. The molecule has 4 heteroatoms. The molecule has 0 saturated heterocycles. The highest BCUT2D eigenvalue weighted by molar-refractivity contribution is 5.00. The maximum Gasteiger partial charge on any atom is 0.105 e. The van der Waals surface area contributed by atoms with Gasteiger partial charge in [-0.2, -0.15) is 0 Å². The first-order valence-corrected chi connectivity index (χ1v) is 5.27. The second-order valence-electron chi connectivity index (χ2n) is 3.77. The summed E-state index contributed by atoms with van der Waals surface area (Å²) >= 11 is 0. The molecule has 0 aliphatic heterocycles. The summed E-state index contributed by atoms with van der Waals surface area (Å²) in [6.07, 6.45) is 4.75. The Morgan fingerprint density at radius 1 is 1.53 bits per heavy atom. The zero-order valence-corrected chi connectivity index (χ0v) is 9.40. The van der Waals surface area contributed by atoms with E-state index in [0.717, 1.165) is 25.0 Å². The van der Waals surface area contributed by atoms with Crippen LogP contribution in [-0.2, 0) is 11.2 Å². The number of furan rings is 1. The van der Waals surface area contributed by atoms with Crippen LogP contribution in [0.3, 0.4) is 0 Å². The molecule has 86 valence electrons. The van der Waals surface area contributed by atoms with Crippen molar-refractivity contribution in [1.82, 2.24) is 5.43 Å². The quantitative estimate of drug-likeness (QED) is 0.531. The summed E-state index contributed by atoms with van der Waals surface area (Å²) in [7, 11) is 1.72. The van der Waals surface area contributed by atoms with Crippen molar-refractivity contribution >= 4 is 0 Å². The van der Waals surface area contributed by atoms with E-state index in [2.05, 4.69) is 12.3 Å². The van der Waals surface area contributed by atoms with E-state index in [9.17, 15) is 0 Å². The van der Waals surface area contributed by atoms with Gasteiger partial charge >= 0.3 is 0 Å². The Morgan fingerprint density at radius 3 is 2.87 bits per heavy atom. The molecule has 1 aromatic heterocycles. The van der Waals surface area contributed by atoms with E-state index in [0.29, 0.717) is 0 Å². The van der Waals surface area contributed by atoms with Gasteiger partial charge in [0.15, 0.2) is 0 Å². The molecule has 0 fully saturated rings. The first kappa shape index (κ1) is 12.2. The number of hydrogen-bond acceptors (Lipinski definition) is 4. The van der Waals surface area contributed by atoms with Crippen LogP contribution in [0.4, 0.5) is 0 Å². The number of nitrogens with two attached hydrogens (primary N) is 1. The standard InChI is InChI=1S/C11H20N2O2/c1-9(14-2)5-6-10(13-12)8-11-4-3-7-15-11/h3-4,7,9-10,13H,5-6,8,12H2,1-2H3. The third-order valence-electron chi connectivity index (χ3n) is 2.59. The summed E-state index contributed by atoms with van der Waals surface area (Å²) < 4.78 is 10.5. The molecule has 1 rings (SSSR count). The molecule has 15 heavy (non-hydrogen) atoms. The van der Waals surface area contributed by atoms with Gasteiger partial charge in [-0.25, -0.2) is 0 Å². The van der Waals surface area contributed by atoms with Crippen LogP contribution in [0.5, 0.6) is 0 Å². The minimum absolute atomic E-state index is 0.244. The Labute approximate surface area is 90.8 Å². The number of hydrazine groups is 1. The van der Waals surface area contributed by atoms with E-state index < -0.39 is 0 Å². The Hall–Kier alpha value is -0.840. The van der Waals surface area contributed by atoms with Gasteiger partial charge in [0.2, 0.25) is 0 Å². The predicted octanol–water partition coefficient (Wildman–Crippen LogP) is 1.47. The fraction of sp³-hybridized carbons (Fsp3) is 0.636. The fourth-order valence-corrected chi connectivity index (χ4v) is 1.47. The molecule has 0 bridgehead atoms. The van der Waals surface area contributed by atoms with Gasteiger partial charge < -0.3 is 9.15 Å². The van der Waals surface area contributed by atoms with Crippen molar-refractivity contribution in [2.75, 3.05) is 7.11 Å². The SMILES string of the molecule is COC(C)CCC(Cc1ccco1)NN. The lowest BCUT2D eigenvalue weighted by Gasteiger charge is -2.16. The molecule has 0 radical (unpaired) electrons. The van der Waals surface area contributed by atoms with E-state index in [4.69, 9.17) is 15.0 Å². The first-order valence-electron chi connectivity index (χ1n) is 5.27. The number of rotatable bonds is 7. The molecule has 0 saturated carbocycles. The van der Waals surface area contributed by atoms with E-state index >= 15 is 0 Å². The Kier molecular flexibility index (Phi) is 5.39. The van der Waals surface area contributed by atoms with E-state index in [1.807, 2.05) is 12.1 Å². The second-order valence-corrected chi connectivity index (χ2v) is 3.77. The van der Waals surface area contributed by atoms with Crippen molar-refractivity contribution in [3.63, 3.8) is 0 Å². The van der Waals surface area contributed by atoms with Crippen molar-refractivity contribution in [1.29, 1.82) is 0 Å². The van der Waals surface area contributed by atoms with Gasteiger partial charge in [-0.15, -0.1) is 0 Å². The number of ether oxygens (including phenoxy) is 1. The van der Waals surface area contributed by atoms with Gasteiger partial charge in [-0.3, -0.25) is 11.3 Å². The highest BCUT2D eigenvalue weighted by Crippen LogP contribution is 2.10. The van der Waals surface area contributed by atoms with Gasteiger partial charge in [-0.1, -0.05) is 0 Å². The van der Waals surface area contributed by atoms with Gasteiger partial charge in [0.25, 0.3) is 0 Å². The molecule has 2 unspecified atom stereocenters. The molecule has 0 aromatic carbocycles. The van der Waals surface area contributed by atoms with Gasteiger partial charge in [-0.05, 0) is 31.9 Å². The maximum absolute atomic E-state index is 5.48. The molecular formula is C11H20N2O2. The normalized spacial score (nSPS) is 15.1. The van der Waals surface area contributed by atoms with Crippen molar-refractivity contribution < 1.29 is 9.15 Å². The monoisotopic (exact) mass is 212 g/mol. The number of nitrogens with one attached hydrogen (secondary N) is 1. The smallest absolute Gasteiger partial charge is 0.105 e. The summed E-state index contributed by atoms with van der Waals surface area (Å²) in [4.78, 5) is 0. The van der Waals surface area contributed by atoms with Crippen LogP contribution in [0.1, 0.15) is 25.5 Å². The summed E-state index contributed by atoms with van der Waals surface area (Å²) in [6.45, 7) is 2.06. The maximum atomic E-state index is 5.48. The topological polar surface area (TPSA) is 60.4 Å². The zero-order chi connectivity index (χ0) is 11.1. The van der Waals surface area contributed by atoms with Crippen LogP contribution in [0.15, 0.2) is 22.8 Å². The minimum atomic E-state index is 0.244. The van der Waals surface area contributed by atoms with Crippen LogP contribution >= 0.6 is 0 Å². The first-order chi connectivity index (χ1) is 7.26. The van der Waals surface area contributed by atoms with Crippen LogP contribution in [0.25, 0.3) is 0 Å². The van der Waals surface area contributed by atoms with Gasteiger partial charge in [0.05, 0.1) is 12.4 Å². The van der Waals surface area contributed by atoms with Crippen molar-refractivity contribution in [2.24, 2.45) is 5.84 Å². The largest absolute Gasteiger partial charge is 0.469 e. The average molecular weight is 212 g/mol. The van der Waals surface area contributed by atoms with E-state index in [1.54, 1.807) is 13.4 Å². The molecule has 0 spiro atoms. The summed E-state index contributed by atoms with van der Waals surface area (Å²) in [5, 5.41) is 0. The minimum Gasteiger partial charge on any atom is -0.469 e. The fourth-order valence-electron chi connectivity index (χ4n) is 1.47. The van der Waals surface area contributed by atoms with Crippen LogP contribution in [0, 0.1) is 0 Å².